The molecule has 0 unspecified atom stereocenters. The van der Waals surface area contributed by atoms with Gasteiger partial charge in [-0.1, -0.05) is 0 Å². The van der Waals surface area contributed by atoms with Crippen molar-refractivity contribution >= 4 is 5.97 Å². The minimum absolute atomic E-state index is 0.0873. The second-order valence-electron chi connectivity index (χ2n) is 2.74. The van der Waals surface area contributed by atoms with Gasteiger partial charge in [-0.15, -0.1) is 0 Å². The van der Waals surface area contributed by atoms with Crippen LogP contribution in [0.15, 0.2) is 17.1 Å². The van der Waals surface area contributed by atoms with E-state index in [1.54, 1.807) is 6.92 Å². The highest BCUT2D eigenvalue weighted by atomic mass is 16.4. The Labute approximate surface area is 74.6 Å². The van der Waals surface area contributed by atoms with E-state index in [1.165, 1.54) is 12.3 Å². The molecule has 0 aromatic carbocycles. The summed E-state index contributed by atoms with van der Waals surface area (Å²) >= 11 is 0. The number of carboxylic acids is 1. The fourth-order valence-electron chi connectivity index (χ4n) is 0.894. The van der Waals surface area contributed by atoms with Crippen molar-refractivity contribution < 1.29 is 9.90 Å². The van der Waals surface area contributed by atoms with Crippen molar-refractivity contribution in [2.24, 2.45) is 0 Å². The molecule has 1 aromatic rings. The number of carboxylic acid groups (broad SMARTS) is 1. The van der Waals surface area contributed by atoms with Crippen molar-refractivity contribution in [1.82, 2.24) is 9.78 Å². The molecular formula is C8H10N2O3. The molecule has 13 heavy (non-hydrogen) atoms. The van der Waals surface area contributed by atoms with Crippen molar-refractivity contribution in [3.8, 4) is 0 Å². The van der Waals surface area contributed by atoms with Crippen LogP contribution in [-0.4, -0.2) is 20.9 Å². The molecule has 0 aliphatic heterocycles. The Hall–Kier alpha value is -1.65. The summed E-state index contributed by atoms with van der Waals surface area (Å²) in [6, 6.07) is 1.43. The maximum Gasteiger partial charge on any atom is 0.305 e. The Morgan fingerprint density at radius 1 is 1.69 bits per heavy atom. The van der Waals surface area contributed by atoms with Crippen molar-refractivity contribution in [1.29, 1.82) is 0 Å². The van der Waals surface area contributed by atoms with Gasteiger partial charge in [0, 0.05) is 6.07 Å². The van der Waals surface area contributed by atoms with Crippen molar-refractivity contribution in [3.63, 3.8) is 0 Å². The molecule has 0 saturated heterocycles. The van der Waals surface area contributed by atoms with E-state index < -0.39 is 5.97 Å². The lowest BCUT2D eigenvalue weighted by molar-refractivity contribution is -0.137. The smallest absolute Gasteiger partial charge is 0.305 e. The van der Waals surface area contributed by atoms with Crippen molar-refractivity contribution in [2.45, 2.75) is 19.9 Å². The van der Waals surface area contributed by atoms with Gasteiger partial charge in [-0.2, -0.15) is 5.10 Å². The second kappa shape index (κ2) is 3.84. The molecule has 0 bridgehead atoms. The summed E-state index contributed by atoms with van der Waals surface area (Å²) in [6.45, 7) is 1.88. The summed E-state index contributed by atoms with van der Waals surface area (Å²) in [5.41, 5.74) is 0.512. The highest BCUT2D eigenvalue weighted by Crippen LogP contribution is 1.88. The Kier molecular flexibility index (Phi) is 2.79. The molecule has 5 nitrogen and oxygen atoms in total. The quantitative estimate of drug-likeness (QED) is 0.715. The topological polar surface area (TPSA) is 72.2 Å². The first-order valence-electron chi connectivity index (χ1n) is 3.85. The van der Waals surface area contributed by atoms with E-state index in [-0.39, 0.29) is 18.5 Å². The Morgan fingerprint density at radius 2 is 2.38 bits per heavy atom. The first kappa shape index (κ1) is 9.44. The number of aryl methyl sites for hydroxylation is 2. The molecular weight excluding hydrogens is 172 g/mol. The molecule has 0 amide bonds. The van der Waals surface area contributed by atoms with Crippen LogP contribution in [-0.2, 0) is 11.3 Å². The zero-order chi connectivity index (χ0) is 9.84. The van der Waals surface area contributed by atoms with Gasteiger partial charge in [0.25, 0.3) is 5.56 Å². The van der Waals surface area contributed by atoms with Gasteiger partial charge in [0.05, 0.1) is 19.2 Å². The fraction of sp³-hybridized carbons (Fsp3) is 0.375. The second-order valence-corrected chi connectivity index (χ2v) is 2.74. The normalized spacial score (nSPS) is 9.92. The van der Waals surface area contributed by atoms with Gasteiger partial charge in [-0.3, -0.25) is 9.59 Å². The van der Waals surface area contributed by atoms with Crippen LogP contribution in [0.1, 0.15) is 12.0 Å². The molecule has 0 aliphatic carbocycles. The molecule has 0 spiro atoms. The minimum Gasteiger partial charge on any atom is -0.481 e. The van der Waals surface area contributed by atoms with Crippen LogP contribution in [0.25, 0.3) is 0 Å². The SMILES string of the molecule is Cc1cnn(CCC(=O)O)c(=O)c1. The summed E-state index contributed by atoms with van der Waals surface area (Å²) in [7, 11) is 0. The van der Waals surface area contributed by atoms with Gasteiger partial charge in [-0.25, -0.2) is 4.68 Å². The van der Waals surface area contributed by atoms with E-state index in [0.29, 0.717) is 0 Å². The maximum atomic E-state index is 11.2. The predicted octanol–water partition coefficient (Wildman–Crippen LogP) is 0.0264. The van der Waals surface area contributed by atoms with E-state index >= 15 is 0 Å². The number of aliphatic carboxylic acids is 1. The summed E-state index contributed by atoms with van der Waals surface area (Å²) in [5, 5.41) is 12.2. The van der Waals surface area contributed by atoms with E-state index in [9.17, 15) is 9.59 Å². The Bertz CT molecular complexity index is 370. The van der Waals surface area contributed by atoms with Gasteiger partial charge in [0.1, 0.15) is 0 Å². The predicted molar refractivity (Wildman–Crippen MR) is 45.5 cm³/mol. The van der Waals surface area contributed by atoms with Crippen LogP contribution in [0.4, 0.5) is 0 Å². The fourth-order valence-corrected chi connectivity index (χ4v) is 0.894. The lowest BCUT2D eigenvalue weighted by Crippen LogP contribution is -2.23. The van der Waals surface area contributed by atoms with Gasteiger partial charge >= 0.3 is 5.97 Å². The first-order chi connectivity index (χ1) is 6.09. The van der Waals surface area contributed by atoms with Crippen LogP contribution in [0, 0.1) is 6.92 Å². The highest BCUT2D eigenvalue weighted by molar-refractivity contribution is 5.66. The van der Waals surface area contributed by atoms with Crippen LogP contribution < -0.4 is 5.56 Å². The molecule has 5 heteroatoms. The summed E-state index contributed by atoms with van der Waals surface area (Å²) in [6.07, 6.45) is 1.44. The molecule has 1 heterocycles. The molecule has 0 fully saturated rings. The Balaban J connectivity index is 2.78. The molecule has 1 rings (SSSR count). The highest BCUT2D eigenvalue weighted by Gasteiger charge is 2.00. The largest absolute Gasteiger partial charge is 0.481 e. The average molecular weight is 182 g/mol. The molecule has 70 valence electrons. The van der Waals surface area contributed by atoms with E-state index in [2.05, 4.69) is 5.10 Å². The molecule has 0 radical (unpaired) electrons. The van der Waals surface area contributed by atoms with E-state index in [0.717, 1.165) is 10.2 Å². The van der Waals surface area contributed by atoms with Crippen LogP contribution in [0.2, 0.25) is 0 Å². The molecule has 1 N–H and O–H groups in total. The molecule has 0 aliphatic rings. The lowest BCUT2D eigenvalue weighted by atomic mass is 10.3. The van der Waals surface area contributed by atoms with Crippen molar-refractivity contribution in [3.05, 3.63) is 28.2 Å². The van der Waals surface area contributed by atoms with Gasteiger partial charge in [0.15, 0.2) is 0 Å². The maximum absolute atomic E-state index is 11.2. The lowest BCUT2D eigenvalue weighted by Gasteiger charge is -2.00. The van der Waals surface area contributed by atoms with Gasteiger partial charge < -0.3 is 5.11 Å². The van der Waals surface area contributed by atoms with Gasteiger partial charge in [-0.05, 0) is 12.5 Å². The molecule has 1 aromatic heterocycles. The molecule has 0 saturated carbocycles. The number of nitrogens with zero attached hydrogens (tertiary/aromatic N) is 2. The third-order valence-electron chi connectivity index (χ3n) is 1.54. The number of hydrogen-bond acceptors (Lipinski definition) is 3. The van der Waals surface area contributed by atoms with E-state index in [1.807, 2.05) is 0 Å². The minimum atomic E-state index is -0.936. The summed E-state index contributed by atoms with van der Waals surface area (Å²) in [4.78, 5) is 21.4. The third kappa shape index (κ3) is 2.70. The van der Waals surface area contributed by atoms with Crippen LogP contribution >= 0.6 is 0 Å². The molecule has 0 atom stereocenters. The third-order valence-corrected chi connectivity index (χ3v) is 1.54. The summed E-state index contributed by atoms with van der Waals surface area (Å²) in [5.74, 6) is -0.936. The van der Waals surface area contributed by atoms with Crippen molar-refractivity contribution in [2.75, 3.05) is 0 Å². The first-order valence-corrected chi connectivity index (χ1v) is 3.85. The van der Waals surface area contributed by atoms with Gasteiger partial charge in [0.2, 0.25) is 0 Å². The van der Waals surface area contributed by atoms with Crippen LogP contribution in [0.5, 0.6) is 0 Å². The monoisotopic (exact) mass is 182 g/mol. The number of carbonyl (C=O) groups is 1. The van der Waals surface area contributed by atoms with Crippen LogP contribution in [0.3, 0.4) is 0 Å². The number of hydrogen-bond donors (Lipinski definition) is 1. The summed E-state index contributed by atoms with van der Waals surface area (Å²) < 4.78 is 1.14. The zero-order valence-corrected chi connectivity index (χ0v) is 7.23. The Morgan fingerprint density at radius 3 is 2.92 bits per heavy atom. The average Bonchev–Trinajstić information content (AvgIpc) is 2.02. The van der Waals surface area contributed by atoms with E-state index in [4.69, 9.17) is 5.11 Å². The zero-order valence-electron chi connectivity index (χ0n) is 7.23. The number of rotatable bonds is 3. The standard InChI is InChI=1S/C8H10N2O3/c1-6-4-7(11)10(9-5-6)3-2-8(12)13/h4-5H,2-3H2,1H3,(H,12,13). The number of aromatic nitrogens is 2.